The maximum atomic E-state index is 12.3. The zero-order valence-electron chi connectivity index (χ0n) is 13.4. The van der Waals surface area contributed by atoms with Gasteiger partial charge in [-0.05, 0) is 58.8 Å². The lowest BCUT2D eigenvalue weighted by atomic mass is 10.2. The number of aryl methyl sites for hydroxylation is 1. The highest BCUT2D eigenvalue weighted by molar-refractivity contribution is 9.10. The van der Waals surface area contributed by atoms with E-state index in [1.54, 1.807) is 25.1 Å². The van der Waals surface area contributed by atoms with Crippen molar-refractivity contribution >= 4 is 49.2 Å². The summed E-state index contributed by atoms with van der Waals surface area (Å²) in [5.74, 6) is 0.570. The molecule has 2 aromatic heterocycles. The zero-order chi connectivity index (χ0) is 18.2. The Morgan fingerprint density at radius 3 is 2.60 bits per heavy atom. The number of hydrogen-bond acceptors (Lipinski definition) is 5. The van der Waals surface area contributed by atoms with Crippen LogP contribution in [-0.4, -0.2) is 19.4 Å². The Hall–Kier alpha value is -2.32. The van der Waals surface area contributed by atoms with E-state index in [2.05, 4.69) is 15.9 Å². The Morgan fingerprint density at radius 2 is 1.92 bits per heavy atom. The average Bonchev–Trinajstić information content (AvgIpc) is 2.96. The minimum Gasteiger partial charge on any atom is -0.457 e. The van der Waals surface area contributed by atoms with Crippen molar-refractivity contribution in [3.05, 3.63) is 68.2 Å². The molecular weight excluding hydrogens is 410 g/mol. The predicted octanol–water partition coefficient (Wildman–Crippen LogP) is 3.22. The number of halogens is 1. The second-order valence-corrected chi connectivity index (χ2v) is 7.81. The summed E-state index contributed by atoms with van der Waals surface area (Å²) in [6, 6.07) is 11.0. The number of pyridine rings is 1. The molecule has 0 bridgehead atoms. The van der Waals surface area contributed by atoms with Crippen molar-refractivity contribution in [1.29, 1.82) is 0 Å². The second kappa shape index (κ2) is 6.53. The number of fused-ring (bicyclic) bond motifs is 1. The molecular formula is C17H14BrNO5S. The Bertz CT molecular complexity index is 1110. The van der Waals surface area contributed by atoms with E-state index in [1.807, 2.05) is 30.3 Å². The van der Waals surface area contributed by atoms with E-state index < -0.39 is 15.7 Å². The zero-order valence-corrected chi connectivity index (χ0v) is 15.8. The summed E-state index contributed by atoms with van der Waals surface area (Å²) >= 11 is 3.14. The molecule has 0 saturated carbocycles. The van der Waals surface area contributed by atoms with Crippen LogP contribution in [0.25, 0.3) is 23.1 Å². The van der Waals surface area contributed by atoms with Crippen LogP contribution in [0.1, 0.15) is 17.0 Å². The standard InChI is InChI=1S/C17H14BrNO5S/c1-11-9-13(19(17(20)16(11)18)24-25(2,21)22)7-8-14-10-12-5-3-4-6-15(12)23-14/h3-10H,1-2H3/b8-7+. The minimum atomic E-state index is -3.87. The maximum Gasteiger partial charge on any atom is 0.324 e. The van der Waals surface area contributed by atoms with Crippen LogP contribution in [0.15, 0.2) is 50.1 Å². The molecule has 1 aromatic carbocycles. The first-order valence-electron chi connectivity index (χ1n) is 7.23. The van der Waals surface area contributed by atoms with E-state index in [1.165, 1.54) is 0 Å². The molecule has 0 aliphatic heterocycles. The monoisotopic (exact) mass is 423 g/mol. The second-order valence-electron chi connectivity index (χ2n) is 5.46. The Morgan fingerprint density at radius 1 is 1.20 bits per heavy atom. The Balaban J connectivity index is 2.07. The molecule has 25 heavy (non-hydrogen) atoms. The maximum absolute atomic E-state index is 12.3. The molecule has 0 atom stereocenters. The lowest BCUT2D eigenvalue weighted by Crippen LogP contribution is -2.32. The van der Waals surface area contributed by atoms with Gasteiger partial charge in [0, 0.05) is 5.39 Å². The van der Waals surface area contributed by atoms with E-state index in [-0.39, 0.29) is 10.2 Å². The first-order valence-corrected chi connectivity index (χ1v) is 9.84. The summed E-state index contributed by atoms with van der Waals surface area (Å²) in [5, 5.41) is 0.943. The van der Waals surface area contributed by atoms with Gasteiger partial charge in [-0.1, -0.05) is 18.2 Å². The minimum absolute atomic E-state index is 0.233. The van der Waals surface area contributed by atoms with Gasteiger partial charge in [-0.15, -0.1) is 4.73 Å². The number of benzene rings is 1. The molecule has 3 rings (SSSR count). The van der Waals surface area contributed by atoms with E-state index in [0.717, 1.165) is 22.0 Å². The molecule has 130 valence electrons. The van der Waals surface area contributed by atoms with Gasteiger partial charge in [0.15, 0.2) is 0 Å². The third-order valence-electron chi connectivity index (χ3n) is 3.39. The molecule has 0 aliphatic carbocycles. The average molecular weight is 424 g/mol. The lowest BCUT2D eigenvalue weighted by molar-refractivity contribution is 0.266. The van der Waals surface area contributed by atoms with Gasteiger partial charge in [0.05, 0.1) is 16.4 Å². The molecule has 0 N–H and O–H groups in total. The summed E-state index contributed by atoms with van der Waals surface area (Å²) in [5.41, 5.74) is 1.06. The largest absolute Gasteiger partial charge is 0.457 e. The molecule has 6 nitrogen and oxygen atoms in total. The van der Waals surface area contributed by atoms with Crippen molar-refractivity contribution in [1.82, 2.24) is 4.73 Å². The molecule has 0 spiro atoms. The molecule has 2 heterocycles. The number of rotatable bonds is 4. The molecule has 0 fully saturated rings. The fourth-order valence-corrected chi connectivity index (χ4v) is 3.00. The highest BCUT2D eigenvalue weighted by Gasteiger charge is 2.14. The van der Waals surface area contributed by atoms with Gasteiger partial charge in [0.1, 0.15) is 11.3 Å². The van der Waals surface area contributed by atoms with Gasteiger partial charge in [-0.3, -0.25) is 9.08 Å². The summed E-state index contributed by atoms with van der Waals surface area (Å²) in [6.45, 7) is 1.73. The lowest BCUT2D eigenvalue weighted by Gasteiger charge is -2.11. The molecule has 3 aromatic rings. The van der Waals surface area contributed by atoms with Gasteiger partial charge < -0.3 is 4.42 Å². The van der Waals surface area contributed by atoms with Crippen LogP contribution in [-0.2, 0) is 10.1 Å². The van der Waals surface area contributed by atoms with Crippen LogP contribution in [0.3, 0.4) is 0 Å². The van der Waals surface area contributed by atoms with Crippen molar-refractivity contribution < 1.29 is 17.1 Å². The van der Waals surface area contributed by atoms with Crippen LogP contribution < -0.4 is 9.84 Å². The third kappa shape index (κ3) is 3.85. The van der Waals surface area contributed by atoms with Crippen molar-refractivity contribution in [2.75, 3.05) is 6.26 Å². The fourth-order valence-electron chi connectivity index (χ4n) is 2.30. The van der Waals surface area contributed by atoms with Gasteiger partial charge in [0.2, 0.25) is 0 Å². The first kappa shape index (κ1) is 17.5. The highest BCUT2D eigenvalue weighted by atomic mass is 79.9. The Kier molecular flexibility index (Phi) is 4.57. The summed E-state index contributed by atoms with van der Waals surface area (Å²) in [4.78, 5) is 12.3. The molecule has 0 amide bonds. The molecule has 0 unspecified atom stereocenters. The topological polar surface area (TPSA) is 78.5 Å². The van der Waals surface area contributed by atoms with E-state index in [0.29, 0.717) is 11.3 Å². The fraction of sp³-hybridized carbons (Fsp3) is 0.118. The predicted molar refractivity (Wildman–Crippen MR) is 99.7 cm³/mol. The molecule has 8 heteroatoms. The quantitative estimate of drug-likeness (QED) is 0.643. The smallest absolute Gasteiger partial charge is 0.324 e. The van der Waals surface area contributed by atoms with Crippen molar-refractivity contribution in [2.24, 2.45) is 0 Å². The highest BCUT2D eigenvalue weighted by Crippen LogP contribution is 2.21. The number of para-hydroxylation sites is 1. The number of furan rings is 1. The van der Waals surface area contributed by atoms with E-state index in [9.17, 15) is 13.2 Å². The summed E-state index contributed by atoms with van der Waals surface area (Å²) in [7, 11) is -3.87. The van der Waals surface area contributed by atoms with Crippen molar-refractivity contribution in [2.45, 2.75) is 6.92 Å². The summed E-state index contributed by atoms with van der Waals surface area (Å²) < 4.78 is 34.4. The van der Waals surface area contributed by atoms with E-state index >= 15 is 0 Å². The number of hydrogen-bond donors (Lipinski definition) is 0. The van der Waals surface area contributed by atoms with Crippen molar-refractivity contribution in [3.8, 4) is 0 Å². The first-order chi connectivity index (χ1) is 11.7. The molecule has 0 radical (unpaired) electrons. The number of aromatic nitrogens is 1. The van der Waals surface area contributed by atoms with E-state index in [4.69, 9.17) is 8.70 Å². The van der Waals surface area contributed by atoms with Gasteiger partial charge in [-0.2, -0.15) is 8.42 Å². The molecule has 0 saturated heterocycles. The SMILES string of the molecule is Cc1cc(/C=C/c2cc3ccccc3o2)n(OS(C)(=O)=O)c(=O)c1Br. The number of nitrogens with zero attached hydrogens (tertiary/aromatic N) is 1. The van der Waals surface area contributed by atoms with Gasteiger partial charge in [0.25, 0.3) is 5.56 Å². The van der Waals surface area contributed by atoms with Crippen LogP contribution in [0, 0.1) is 6.92 Å². The summed E-state index contributed by atoms with van der Waals surface area (Å²) in [6.07, 6.45) is 4.08. The van der Waals surface area contributed by atoms with Crippen LogP contribution in [0.2, 0.25) is 0 Å². The third-order valence-corrected chi connectivity index (χ3v) is 4.77. The normalized spacial score (nSPS) is 12.1. The van der Waals surface area contributed by atoms with Gasteiger partial charge >= 0.3 is 10.1 Å². The Labute approximate surface area is 152 Å². The van der Waals surface area contributed by atoms with Crippen molar-refractivity contribution in [3.63, 3.8) is 0 Å². The van der Waals surface area contributed by atoms with Crippen LogP contribution in [0.5, 0.6) is 0 Å². The van der Waals surface area contributed by atoms with Crippen LogP contribution in [0.4, 0.5) is 0 Å². The van der Waals surface area contributed by atoms with Gasteiger partial charge in [-0.25, -0.2) is 0 Å². The molecule has 0 aliphatic rings. The van der Waals surface area contributed by atoms with Crippen LogP contribution >= 0.6 is 15.9 Å².